The Labute approximate surface area is 149 Å². The molecule has 0 unspecified atom stereocenters. The molecule has 0 bridgehead atoms. The topological polar surface area (TPSA) is 23.8 Å². The van der Waals surface area contributed by atoms with Crippen LogP contribution in [0.5, 0.6) is 0 Å². The Bertz CT molecular complexity index is 541. The van der Waals surface area contributed by atoms with Crippen molar-refractivity contribution in [2.45, 2.75) is 36.8 Å². The SMILES string of the molecule is C[Se]C1=C([Se]CCC#N)SC(=C2SC3=C(CCC3)S2)S1. The summed E-state index contributed by atoms with van der Waals surface area (Å²) in [7, 11) is 0. The maximum absolute atomic E-state index is 8.69. The van der Waals surface area contributed by atoms with Crippen molar-refractivity contribution in [1.82, 2.24) is 0 Å². The van der Waals surface area contributed by atoms with E-state index in [2.05, 4.69) is 11.9 Å². The van der Waals surface area contributed by atoms with Crippen molar-refractivity contribution >= 4 is 77.0 Å². The summed E-state index contributed by atoms with van der Waals surface area (Å²) in [6, 6.07) is 2.27. The van der Waals surface area contributed by atoms with E-state index >= 15 is 0 Å². The predicted octanol–water partition coefficient (Wildman–Crippen LogP) is 5.38. The molecule has 0 N–H and O–H groups in total. The number of nitrogens with zero attached hydrogens (tertiary/aromatic N) is 1. The van der Waals surface area contributed by atoms with E-state index in [1.165, 1.54) is 27.7 Å². The monoisotopic (exact) mass is 471 g/mol. The van der Waals surface area contributed by atoms with Gasteiger partial charge in [-0.05, 0) is 0 Å². The van der Waals surface area contributed by atoms with Gasteiger partial charge in [0.15, 0.2) is 0 Å². The van der Waals surface area contributed by atoms with Crippen LogP contribution in [0.2, 0.25) is 11.1 Å². The van der Waals surface area contributed by atoms with Gasteiger partial charge in [-0.25, -0.2) is 0 Å². The third-order valence-corrected chi connectivity index (χ3v) is 15.2. The summed E-state index contributed by atoms with van der Waals surface area (Å²) in [4.78, 5) is 3.29. The van der Waals surface area contributed by atoms with Crippen molar-refractivity contribution in [2.24, 2.45) is 0 Å². The first-order chi connectivity index (χ1) is 9.81. The van der Waals surface area contributed by atoms with Gasteiger partial charge in [0.25, 0.3) is 0 Å². The molecule has 7 heteroatoms. The minimum absolute atomic E-state index is 0.507. The molecule has 0 aromatic carbocycles. The molecule has 2 aliphatic heterocycles. The van der Waals surface area contributed by atoms with Crippen LogP contribution >= 0.6 is 47.0 Å². The van der Waals surface area contributed by atoms with E-state index < -0.39 is 0 Å². The fraction of sp³-hybridized carbons (Fsp3) is 0.462. The minimum atomic E-state index is 0.507. The molecule has 1 nitrogen and oxygen atoms in total. The molecule has 2 heterocycles. The van der Waals surface area contributed by atoms with Gasteiger partial charge in [-0.2, -0.15) is 0 Å². The van der Waals surface area contributed by atoms with Crippen LogP contribution < -0.4 is 0 Å². The Morgan fingerprint density at radius 2 is 1.70 bits per heavy atom. The molecule has 3 aliphatic rings. The number of allylic oxidation sites excluding steroid dienone is 2. The average molecular weight is 469 g/mol. The molecule has 0 saturated carbocycles. The van der Waals surface area contributed by atoms with Crippen molar-refractivity contribution in [3.8, 4) is 6.07 Å². The molecule has 0 spiro atoms. The molecular weight excluding hydrogens is 456 g/mol. The standard InChI is InChI=1S/C13H13NS4Se2/c1-19-12-13(20-7-3-6-14)18-11(17-12)10-15-8-4-2-5-9(8)16-10/h2-5,7H2,1H3. The number of hydrogen-bond acceptors (Lipinski definition) is 5. The quantitative estimate of drug-likeness (QED) is 0.406. The summed E-state index contributed by atoms with van der Waals surface area (Å²) in [5.74, 6) is 2.32. The van der Waals surface area contributed by atoms with Gasteiger partial charge in [0.2, 0.25) is 0 Å². The van der Waals surface area contributed by atoms with Crippen LogP contribution in [0, 0.1) is 11.3 Å². The summed E-state index contributed by atoms with van der Waals surface area (Å²) in [6.07, 6.45) is 4.67. The van der Waals surface area contributed by atoms with Crippen LogP contribution in [0.15, 0.2) is 25.9 Å². The van der Waals surface area contributed by atoms with Crippen molar-refractivity contribution in [3.05, 3.63) is 25.9 Å². The van der Waals surface area contributed by atoms with Gasteiger partial charge in [0.1, 0.15) is 0 Å². The molecule has 0 amide bonds. The van der Waals surface area contributed by atoms with Gasteiger partial charge in [0, 0.05) is 0 Å². The third-order valence-electron chi connectivity index (χ3n) is 2.89. The number of hydrogen-bond donors (Lipinski definition) is 0. The Morgan fingerprint density at radius 3 is 2.35 bits per heavy atom. The fourth-order valence-corrected chi connectivity index (χ4v) is 14.6. The molecule has 0 atom stereocenters. The van der Waals surface area contributed by atoms with Crippen molar-refractivity contribution in [2.75, 3.05) is 0 Å². The van der Waals surface area contributed by atoms with E-state index in [0.717, 1.165) is 5.32 Å². The fourth-order valence-electron chi connectivity index (χ4n) is 1.99. The van der Waals surface area contributed by atoms with Crippen molar-refractivity contribution < 1.29 is 0 Å². The number of thioether (sulfide) groups is 4. The van der Waals surface area contributed by atoms with E-state index in [4.69, 9.17) is 5.26 Å². The average Bonchev–Trinajstić information content (AvgIpc) is 3.11. The molecule has 1 aliphatic carbocycles. The van der Waals surface area contributed by atoms with Crippen LogP contribution in [-0.2, 0) is 0 Å². The molecule has 0 fully saturated rings. The first kappa shape index (κ1) is 16.0. The normalized spacial score (nSPS) is 22.0. The van der Waals surface area contributed by atoms with Crippen LogP contribution in [0.3, 0.4) is 0 Å². The van der Waals surface area contributed by atoms with Gasteiger partial charge in [-0.15, -0.1) is 0 Å². The second kappa shape index (κ2) is 7.61. The first-order valence-corrected chi connectivity index (χ1v) is 14.2. The zero-order valence-electron chi connectivity index (χ0n) is 10.9. The van der Waals surface area contributed by atoms with Gasteiger partial charge < -0.3 is 0 Å². The van der Waals surface area contributed by atoms with Crippen LogP contribution in [0.1, 0.15) is 25.7 Å². The molecule has 106 valence electrons. The molecular formula is C13H13NS4Se2. The molecule has 0 aromatic heterocycles. The summed E-state index contributed by atoms with van der Waals surface area (Å²) in [5.41, 5.74) is 0. The summed E-state index contributed by atoms with van der Waals surface area (Å²) in [6.45, 7) is 0. The van der Waals surface area contributed by atoms with Gasteiger partial charge >= 0.3 is 151 Å². The molecule has 3 rings (SSSR count). The van der Waals surface area contributed by atoms with Crippen LogP contribution in [-0.4, -0.2) is 29.9 Å². The molecule has 0 aromatic rings. The zero-order valence-corrected chi connectivity index (χ0v) is 17.6. The second-order valence-electron chi connectivity index (χ2n) is 4.22. The summed E-state index contributed by atoms with van der Waals surface area (Å²) in [5, 5.41) is 9.77. The number of rotatable bonds is 4. The van der Waals surface area contributed by atoms with Gasteiger partial charge in [-0.1, -0.05) is 0 Å². The Hall–Kier alpha value is 1.15. The summed E-state index contributed by atoms with van der Waals surface area (Å²) < 4.78 is 6.30. The van der Waals surface area contributed by atoms with E-state index in [1.807, 2.05) is 47.0 Å². The van der Waals surface area contributed by atoms with E-state index in [9.17, 15) is 0 Å². The molecule has 0 saturated heterocycles. The number of nitriles is 1. The Kier molecular flexibility index (Phi) is 6.10. The zero-order chi connectivity index (χ0) is 13.9. The van der Waals surface area contributed by atoms with E-state index in [0.29, 0.717) is 36.3 Å². The van der Waals surface area contributed by atoms with Crippen LogP contribution in [0.4, 0.5) is 0 Å². The van der Waals surface area contributed by atoms with Crippen molar-refractivity contribution in [1.29, 1.82) is 5.26 Å². The first-order valence-electron chi connectivity index (χ1n) is 6.27. The molecule has 0 radical (unpaired) electrons. The summed E-state index contributed by atoms with van der Waals surface area (Å²) >= 11 is 9.22. The van der Waals surface area contributed by atoms with Gasteiger partial charge in [0.05, 0.1) is 0 Å². The predicted molar refractivity (Wildman–Crippen MR) is 97.7 cm³/mol. The third kappa shape index (κ3) is 3.55. The van der Waals surface area contributed by atoms with Crippen molar-refractivity contribution in [3.63, 3.8) is 0 Å². The second-order valence-corrected chi connectivity index (χ2v) is 14.2. The molecule has 20 heavy (non-hydrogen) atoms. The van der Waals surface area contributed by atoms with E-state index in [-0.39, 0.29) is 0 Å². The van der Waals surface area contributed by atoms with E-state index in [1.54, 1.807) is 17.4 Å². The van der Waals surface area contributed by atoms with Crippen LogP contribution in [0.25, 0.3) is 0 Å². The Morgan fingerprint density at radius 1 is 1.05 bits per heavy atom. The Balaban J connectivity index is 1.66. The van der Waals surface area contributed by atoms with Gasteiger partial charge in [-0.3, -0.25) is 0 Å². The maximum atomic E-state index is 8.69.